The number of fused-ring (bicyclic) bond motifs is 2. The summed E-state index contributed by atoms with van der Waals surface area (Å²) in [6.07, 6.45) is 2.91. The fourth-order valence-electron chi connectivity index (χ4n) is 4.63. The third kappa shape index (κ3) is 2.46. The second-order valence-corrected chi connectivity index (χ2v) is 7.74. The average Bonchev–Trinajstić information content (AvgIpc) is 3.09. The summed E-state index contributed by atoms with van der Waals surface area (Å²) in [5.74, 6) is 0.182. The number of nitrogens with one attached hydrogen (secondary N) is 1. The first-order valence-corrected chi connectivity index (χ1v) is 9.32. The van der Waals surface area contributed by atoms with Crippen LogP contribution in [0.4, 0.5) is 0 Å². The fourth-order valence-corrected chi connectivity index (χ4v) is 4.63. The number of rotatable bonds is 3. The van der Waals surface area contributed by atoms with Crippen molar-refractivity contribution < 1.29 is 9.59 Å². The van der Waals surface area contributed by atoms with Crippen molar-refractivity contribution >= 4 is 22.7 Å². The Hall–Kier alpha value is -3.08. The summed E-state index contributed by atoms with van der Waals surface area (Å²) < 4.78 is 0. The van der Waals surface area contributed by atoms with Gasteiger partial charge >= 0.3 is 0 Å². The normalized spacial score (nSPS) is 23.4. The molecular formula is C22H21N3O2. The quantitative estimate of drug-likeness (QED) is 0.754. The molecule has 1 aliphatic carbocycles. The number of hydrogen-bond acceptors (Lipinski definition) is 2. The zero-order valence-electron chi connectivity index (χ0n) is 15.1. The van der Waals surface area contributed by atoms with Crippen LogP contribution in [0.2, 0.25) is 0 Å². The fraction of sp³-hybridized carbons (Fsp3) is 0.273. The minimum atomic E-state index is -0.469. The number of benzene rings is 2. The molecule has 0 radical (unpaired) electrons. The van der Waals surface area contributed by atoms with Crippen molar-refractivity contribution in [3.63, 3.8) is 0 Å². The van der Waals surface area contributed by atoms with E-state index in [4.69, 9.17) is 5.73 Å². The van der Waals surface area contributed by atoms with Crippen LogP contribution in [0.15, 0.2) is 48.7 Å². The molecule has 1 aliphatic heterocycles. The molecule has 2 aliphatic rings. The first-order chi connectivity index (χ1) is 13.0. The molecule has 2 heterocycles. The average molecular weight is 359 g/mol. The highest BCUT2D eigenvalue weighted by Gasteiger charge is 2.56. The maximum absolute atomic E-state index is 13.4. The van der Waals surface area contributed by atoms with Crippen molar-refractivity contribution in [3.8, 4) is 11.1 Å². The standard InChI is InChI=1S/C22H21N3O2/c1-12-3-2-4-16(19(12)14-5-6-18-13(9-14)7-8-24-18)22(27)25-11-15-10-17(15)20(25)21(23)26/h2-9,15,17,20,24H,10-11H2,1H3,(H2,23,26)/t15-,17-,20+/m1/s1. The van der Waals surface area contributed by atoms with Gasteiger partial charge in [0.05, 0.1) is 0 Å². The van der Waals surface area contributed by atoms with Crippen LogP contribution in [0, 0.1) is 18.8 Å². The summed E-state index contributed by atoms with van der Waals surface area (Å²) >= 11 is 0. The zero-order valence-corrected chi connectivity index (χ0v) is 15.1. The highest BCUT2D eigenvalue weighted by molar-refractivity contribution is 6.04. The monoisotopic (exact) mass is 359 g/mol. The van der Waals surface area contributed by atoms with Gasteiger partial charge in [0.15, 0.2) is 0 Å². The number of likely N-dealkylation sites (tertiary alicyclic amines) is 1. The van der Waals surface area contributed by atoms with Gasteiger partial charge in [0.25, 0.3) is 5.91 Å². The predicted octanol–water partition coefficient (Wildman–Crippen LogP) is 3.09. The minimum Gasteiger partial charge on any atom is -0.368 e. The van der Waals surface area contributed by atoms with Crippen molar-refractivity contribution in [1.82, 2.24) is 9.88 Å². The topological polar surface area (TPSA) is 79.2 Å². The van der Waals surface area contributed by atoms with Crippen LogP contribution in [-0.4, -0.2) is 34.3 Å². The Morgan fingerprint density at radius 2 is 2.04 bits per heavy atom. The summed E-state index contributed by atoms with van der Waals surface area (Å²) in [6, 6.07) is 13.5. The molecule has 1 saturated carbocycles. The molecule has 5 nitrogen and oxygen atoms in total. The number of H-pyrrole nitrogens is 1. The van der Waals surface area contributed by atoms with Gasteiger partial charge in [-0.15, -0.1) is 0 Å². The molecule has 3 aromatic rings. The summed E-state index contributed by atoms with van der Waals surface area (Å²) in [7, 11) is 0. The number of nitrogens with two attached hydrogens (primary N) is 1. The number of aromatic amines is 1. The molecule has 3 atom stereocenters. The lowest BCUT2D eigenvalue weighted by molar-refractivity contribution is -0.122. The smallest absolute Gasteiger partial charge is 0.255 e. The Morgan fingerprint density at radius 1 is 1.19 bits per heavy atom. The SMILES string of the molecule is Cc1cccc(C(=O)N2C[C@H]3C[C@H]3[C@H]2C(N)=O)c1-c1ccc2[nH]ccc2c1. The molecule has 5 rings (SSSR count). The van der Waals surface area contributed by atoms with E-state index >= 15 is 0 Å². The Balaban J connectivity index is 1.60. The first-order valence-electron chi connectivity index (χ1n) is 9.32. The Labute approximate surface area is 157 Å². The van der Waals surface area contributed by atoms with Crippen LogP contribution >= 0.6 is 0 Å². The molecule has 5 heteroatoms. The van der Waals surface area contributed by atoms with Crippen molar-refractivity contribution in [2.75, 3.05) is 6.54 Å². The van der Waals surface area contributed by atoms with Gasteiger partial charge in [0.2, 0.25) is 5.91 Å². The maximum Gasteiger partial charge on any atom is 0.255 e. The lowest BCUT2D eigenvalue weighted by Crippen LogP contribution is -2.46. The van der Waals surface area contributed by atoms with Gasteiger partial charge in [0.1, 0.15) is 6.04 Å². The van der Waals surface area contributed by atoms with Crippen LogP contribution in [0.5, 0.6) is 0 Å². The molecular weight excluding hydrogens is 338 g/mol. The molecule has 0 bridgehead atoms. The van der Waals surface area contributed by atoms with Gasteiger partial charge in [-0.25, -0.2) is 0 Å². The molecule has 3 N–H and O–H groups in total. The highest BCUT2D eigenvalue weighted by atomic mass is 16.2. The van der Waals surface area contributed by atoms with Crippen LogP contribution in [0.3, 0.4) is 0 Å². The van der Waals surface area contributed by atoms with Crippen molar-refractivity contribution in [1.29, 1.82) is 0 Å². The van der Waals surface area contributed by atoms with Gasteiger partial charge < -0.3 is 15.6 Å². The van der Waals surface area contributed by atoms with E-state index in [1.807, 2.05) is 49.5 Å². The molecule has 2 aromatic carbocycles. The van der Waals surface area contributed by atoms with E-state index in [0.717, 1.165) is 34.0 Å². The van der Waals surface area contributed by atoms with Gasteiger partial charge in [-0.1, -0.05) is 18.2 Å². The second kappa shape index (κ2) is 5.71. The Kier molecular flexibility index (Phi) is 3.41. The van der Waals surface area contributed by atoms with Crippen LogP contribution in [0.1, 0.15) is 22.3 Å². The van der Waals surface area contributed by atoms with Crippen LogP contribution in [-0.2, 0) is 4.79 Å². The molecule has 2 amide bonds. The summed E-state index contributed by atoms with van der Waals surface area (Å²) in [5, 5.41) is 1.10. The number of hydrogen-bond donors (Lipinski definition) is 2. The largest absolute Gasteiger partial charge is 0.368 e. The van der Waals surface area contributed by atoms with E-state index in [-0.39, 0.29) is 11.8 Å². The molecule has 1 saturated heterocycles. The van der Waals surface area contributed by atoms with E-state index in [2.05, 4.69) is 11.1 Å². The molecule has 0 unspecified atom stereocenters. The molecule has 27 heavy (non-hydrogen) atoms. The van der Waals surface area contributed by atoms with Gasteiger partial charge in [-0.3, -0.25) is 9.59 Å². The summed E-state index contributed by atoms with van der Waals surface area (Å²) in [4.78, 5) is 30.2. The maximum atomic E-state index is 13.4. The number of carbonyl (C=O) groups excluding carboxylic acids is 2. The second-order valence-electron chi connectivity index (χ2n) is 7.74. The molecule has 0 spiro atoms. The zero-order chi connectivity index (χ0) is 18.7. The van der Waals surface area contributed by atoms with Gasteiger partial charge in [-0.2, -0.15) is 0 Å². The Bertz CT molecular complexity index is 1080. The van der Waals surface area contributed by atoms with Crippen molar-refractivity contribution in [3.05, 3.63) is 59.8 Å². The third-order valence-corrected chi connectivity index (χ3v) is 6.05. The van der Waals surface area contributed by atoms with E-state index in [9.17, 15) is 9.59 Å². The number of aromatic nitrogens is 1. The lowest BCUT2D eigenvalue weighted by Gasteiger charge is -2.26. The molecule has 136 valence electrons. The van der Waals surface area contributed by atoms with Crippen LogP contribution < -0.4 is 5.73 Å². The molecule has 2 fully saturated rings. The van der Waals surface area contributed by atoms with Crippen molar-refractivity contribution in [2.45, 2.75) is 19.4 Å². The number of carbonyl (C=O) groups is 2. The number of piperidine rings is 1. The lowest BCUT2D eigenvalue weighted by atomic mass is 9.93. The highest BCUT2D eigenvalue weighted by Crippen LogP contribution is 2.50. The van der Waals surface area contributed by atoms with E-state index in [0.29, 0.717) is 18.0 Å². The van der Waals surface area contributed by atoms with E-state index in [1.165, 1.54) is 0 Å². The van der Waals surface area contributed by atoms with E-state index in [1.54, 1.807) is 4.90 Å². The number of aryl methyl sites for hydroxylation is 1. The Morgan fingerprint density at radius 3 is 2.85 bits per heavy atom. The first kappa shape index (κ1) is 16.1. The minimum absolute atomic E-state index is 0.0983. The number of amides is 2. The van der Waals surface area contributed by atoms with Gasteiger partial charge in [0, 0.05) is 23.8 Å². The summed E-state index contributed by atoms with van der Waals surface area (Å²) in [6.45, 7) is 2.64. The van der Waals surface area contributed by atoms with E-state index < -0.39 is 11.9 Å². The molecule has 1 aromatic heterocycles. The number of nitrogens with zero attached hydrogens (tertiary/aromatic N) is 1. The van der Waals surface area contributed by atoms with Gasteiger partial charge in [-0.05, 0) is 71.5 Å². The van der Waals surface area contributed by atoms with Crippen LogP contribution in [0.25, 0.3) is 22.0 Å². The third-order valence-electron chi connectivity index (χ3n) is 6.05. The number of primary amides is 1. The summed E-state index contributed by atoms with van der Waals surface area (Å²) in [5.41, 5.74) is 10.3. The van der Waals surface area contributed by atoms with Crippen molar-refractivity contribution in [2.24, 2.45) is 17.6 Å². The predicted molar refractivity (Wildman–Crippen MR) is 104 cm³/mol.